The highest BCUT2D eigenvalue weighted by molar-refractivity contribution is 14.1. The van der Waals surface area contributed by atoms with Gasteiger partial charge in [0, 0.05) is 7.11 Å². The Morgan fingerprint density at radius 1 is 1.26 bits per heavy atom. The van der Waals surface area contributed by atoms with Gasteiger partial charge < -0.3 is 10.5 Å². The number of ether oxygens (including phenoxy) is 1. The Morgan fingerprint density at radius 3 is 2.53 bits per heavy atom. The van der Waals surface area contributed by atoms with Crippen LogP contribution in [0.5, 0.6) is 0 Å². The fourth-order valence-electron chi connectivity index (χ4n) is 2.76. The zero-order valence-electron chi connectivity index (χ0n) is 11.7. The molecule has 2 N–H and O–H groups in total. The summed E-state index contributed by atoms with van der Waals surface area (Å²) in [6.07, 6.45) is 7.61. The van der Waals surface area contributed by atoms with E-state index in [0.29, 0.717) is 5.82 Å². The third-order valence-electron chi connectivity index (χ3n) is 3.89. The van der Waals surface area contributed by atoms with Crippen molar-refractivity contribution in [3.8, 4) is 0 Å². The van der Waals surface area contributed by atoms with Crippen LogP contribution in [0.2, 0.25) is 0 Å². The molecule has 0 saturated heterocycles. The molecule has 106 valence electrons. The topological polar surface area (TPSA) is 61.0 Å². The average molecular weight is 375 g/mol. The van der Waals surface area contributed by atoms with Gasteiger partial charge in [-0.2, -0.15) is 0 Å². The van der Waals surface area contributed by atoms with Gasteiger partial charge in [0.25, 0.3) is 0 Å². The minimum absolute atomic E-state index is 0.320. The maximum atomic E-state index is 6.06. The van der Waals surface area contributed by atoms with Crippen LogP contribution in [0.15, 0.2) is 0 Å². The first kappa shape index (κ1) is 15.0. The highest BCUT2D eigenvalue weighted by Gasteiger charge is 2.37. The number of hydrogen-bond donors (Lipinski definition) is 1. The van der Waals surface area contributed by atoms with Gasteiger partial charge in [-0.15, -0.1) is 0 Å². The van der Waals surface area contributed by atoms with Gasteiger partial charge in [-0.1, -0.05) is 32.6 Å². The number of nitrogens with two attached hydrogens (primary N) is 1. The minimum atomic E-state index is -0.320. The van der Waals surface area contributed by atoms with Gasteiger partial charge in [0.05, 0.1) is 9.26 Å². The summed E-state index contributed by atoms with van der Waals surface area (Å²) in [4.78, 5) is 9.28. The van der Waals surface area contributed by atoms with E-state index in [4.69, 9.17) is 15.5 Å². The summed E-state index contributed by atoms with van der Waals surface area (Å²) in [5.74, 6) is 1.38. The van der Waals surface area contributed by atoms with E-state index >= 15 is 0 Å². The van der Waals surface area contributed by atoms with E-state index < -0.39 is 0 Å². The molecule has 1 aliphatic carbocycles. The van der Waals surface area contributed by atoms with Gasteiger partial charge in [-0.3, -0.25) is 0 Å². The van der Waals surface area contributed by atoms with Crippen LogP contribution in [0, 0.1) is 3.57 Å². The minimum Gasteiger partial charge on any atom is -0.383 e. The molecule has 1 aliphatic rings. The predicted octanol–water partition coefficient (Wildman–Crippen LogP) is 3.42. The van der Waals surface area contributed by atoms with Crippen molar-refractivity contribution in [2.75, 3.05) is 12.8 Å². The van der Waals surface area contributed by atoms with E-state index in [9.17, 15) is 0 Å². The Bertz CT molecular complexity index is 445. The summed E-state index contributed by atoms with van der Waals surface area (Å²) >= 11 is 2.24. The van der Waals surface area contributed by atoms with Crippen LogP contribution >= 0.6 is 22.6 Å². The summed E-state index contributed by atoms with van der Waals surface area (Å²) in [5, 5.41) is 0. The van der Waals surface area contributed by atoms with Crippen LogP contribution < -0.4 is 5.73 Å². The quantitative estimate of drug-likeness (QED) is 0.820. The van der Waals surface area contributed by atoms with E-state index in [2.05, 4.69) is 34.5 Å². The second-order valence-electron chi connectivity index (χ2n) is 5.20. The number of hydrogen-bond acceptors (Lipinski definition) is 4. The molecule has 0 atom stereocenters. The Morgan fingerprint density at radius 2 is 1.95 bits per heavy atom. The first-order valence-corrected chi connectivity index (χ1v) is 8.08. The number of aryl methyl sites for hydroxylation is 1. The number of nitrogen functional groups attached to an aromatic ring is 1. The van der Waals surface area contributed by atoms with Crippen molar-refractivity contribution in [2.45, 2.75) is 57.5 Å². The summed E-state index contributed by atoms with van der Waals surface area (Å²) in [7, 11) is 1.77. The molecule has 2 rings (SSSR count). The molecule has 0 bridgehead atoms. The molecule has 1 aromatic heterocycles. The van der Waals surface area contributed by atoms with E-state index in [1.165, 1.54) is 19.3 Å². The molecule has 0 aliphatic heterocycles. The van der Waals surface area contributed by atoms with Crippen LogP contribution in [-0.4, -0.2) is 17.1 Å². The summed E-state index contributed by atoms with van der Waals surface area (Å²) in [6, 6.07) is 0. The van der Waals surface area contributed by atoms with Crippen molar-refractivity contribution in [3.63, 3.8) is 0 Å². The Balaban J connectivity index is 2.42. The van der Waals surface area contributed by atoms with E-state index in [0.717, 1.165) is 40.8 Å². The molecule has 19 heavy (non-hydrogen) atoms. The highest BCUT2D eigenvalue weighted by Crippen LogP contribution is 2.39. The number of methoxy groups -OCH3 is 1. The molecule has 1 aromatic rings. The summed E-state index contributed by atoms with van der Waals surface area (Å²) in [6.45, 7) is 2.15. The number of halogens is 1. The highest BCUT2D eigenvalue weighted by atomic mass is 127. The van der Waals surface area contributed by atoms with Crippen LogP contribution in [0.1, 0.15) is 57.0 Å². The fourth-order valence-corrected chi connectivity index (χ4v) is 3.27. The summed E-state index contributed by atoms with van der Waals surface area (Å²) < 4.78 is 6.80. The molecular formula is C14H22IN3O. The van der Waals surface area contributed by atoms with Gasteiger partial charge in [-0.25, -0.2) is 9.97 Å². The van der Waals surface area contributed by atoms with Crippen molar-refractivity contribution in [2.24, 2.45) is 0 Å². The molecule has 0 radical (unpaired) electrons. The number of nitrogens with zero attached hydrogens (tertiary/aromatic N) is 2. The van der Waals surface area contributed by atoms with Crippen LogP contribution in [0.3, 0.4) is 0 Å². The monoisotopic (exact) mass is 375 g/mol. The molecule has 1 fully saturated rings. The zero-order chi connectivity index (χ0) is 13.9. The largest absolute Gasteiger partial charge is 0.383 e. The number of anilines is 1. The predicted molar refractivity (Wildman–Crippen MR) is 84.9 cm³/mol. The first-order valence-electron chi connectivity index (χ1n) is 7.00. The maximum Gasteiger partial charge on any atom is 0.162 e. The maximum absolute atomic E-state index is 6.06. The normalized spacial score (nSPS) is 18.5. The van der Waals surface area contributed by atoms with Gasteiger partial charge in [-0.05, 0) is 41.9 Å². The third-order valence-corrected chi connectivity index (χ3v) is 5.07. The Hall–Kier alpha value is -0.430. The Labute approximate surface area is 128 Å². The zero-order valence-corrected chi connectivity index (χ0v) is 13.9. The van der Waals surface area contributed by atoms with Crippen LogP contribution in [0.25, 0.3) is 0 Å². The molecule has 0 amide bonds. The van der Waals surface area contributed by atoms with Crippen LogP contribution in [0.4, 0.5) is 5.82 Å². The van der Waals surface area contributed by atoms with E-state index in [1.54, 1.807) is 7.11 Å². The second-order valence-corrected chi connectivity index (χ2v) is 6.28. The molecule has 5 heteroatoms. The second kappa shape index (κ2) is 6.35. The Kier molecular flexibility index (Phi) is 5.00. The van der Waals surface area contributed by atoms with Crippen molar-refractivity contribution in [1.82, 2.24) is 9.97 Å². The number of aromatic nitrogens is 2. The van der Waals surface area contributed by atoms with Crippen molar-refractivity contribution < 1.29 is 4.74 Å². The standard InChI is InChI=1S/C14H22IN3O/c1-3-7-10-11(15)12(16)18-13(17-10)14(19-2)8-5-4-6-9-14/h3-9H2,1-2H3,(H2,16,17,18). The van der Waals surface area contributed by atoms with Gasteiger partial charge in [0.1, 0.15) is 11.4 Å². The van der Waals surface area contributed by atoms with Crippen LogP contribution in [-0.2, 0) is 16.8 Å². The average Bonchev–Trinajstić information content (AvgIpc) is 2.44. The summed E-state index contributed by atoms with van der Waals surface area (Å²) in [5.41, 5.74) is 6.80. The van der Waals surface area contributed by atoms with Crippen molar-refractivity contribution in [3.05, 3.63) is 15.1 Å². The lowest BCUT2D eigenvalue weighted by molar-refractivity contribution is -0.0515. The molecular weight excluding hydrogens is 353 g/mol. The first-order chi connectivity index (χ1) is 9.13. The lowest BCUT2D eigenvalue weighted by Crippen LogP contribution is -2.34. The molecule has 0 aromatic carbocycles. The van der Waals surface area contributed by atoms with E-state index in [-0.39, 0.29) is 5.60 Å². The lowest BCUT2D eigenvalue weighted by Gasteiger charge is -2.34. The molecule has 1 saturated carbocycles. The van der Waals surface area contributed by atoms with Gasteiger partial charge in [0.15, 0.2) is 5.82 Å². The molecule has 4 nitrogen and oxygen atoms in total. The SMILES string of the molecule is CCCc1nc(C2(OC)CCCCC2)nc(N)c1I. The molecule has 1 heterocycles. The van der Waals surface area contributed by atoms with Gasteiger partial charge >= 0.3 is 0 Å². The molecule has 0 spiro atoms. The van der Waals surface area contributed by atoms with E-state index in [1.807, 2.05) is 0 Å². The number of rotatable bonds is 4. The smallest absolute Gasteiger partial charge is 0.162 e. The van der Waals surface area contributed by atoms with Crippen molar-refractivity contribution in [1.29, 1.82) is 0 Å². The molecule has 0 unspecified atom stereocenters. The van der Waals surface area contributed by atoms with Crippen molar-refractivity contribution >= 4 is 28.4 Å². The fraction of sp³-hybridized carbons (Fsp3) is 0.714. The van der Waals surface area contributed by atoms with Gasteiger partial charge in [0.2, 0.25) is 0 Å². The third kappa shape index (κ3) is 3.02. The lowest BCUT2D eigenvalue weighted by atomic mass is 9.84.